The average Bonchev–Trinajstić information content (AvgIpc) is 2.74. The van der Waals surface area contributed by atoms with Gasteiger partial charge < -0.3 is 9.32 Å². The number of hydrogen-bond acceptors (Lipinski definition) is 4. The number of aromatic nitrogens is 1. The Kier molecular flexibility index (Phi) is 3.07. The van der Waals surface area contributed by atoms with Gasteiger partial charge in [0.05, 0.1) is 0 Å². The minimum Gasteiger partial charge on any atom is -0.431 e. The molecule has 1 saturated heterocycles. The smallest absolute Gasteiger partial charge is 0.257 e. The van der Waals surface area contributed by atoms with Crippen LogP contribution in [0.3, 0.4) is 0 Å². The van der Waals surface area contributed by atoms with Gasteiger partial charge >= 0.3 is 0 Å². The molecule has 2 heterocycles. The van der Waals surface area contributed by atoms with Gasteiger partial charge in [-0.05, 0) is 45.1 Å². The van der Waals surface area contributed by atoms with E-state index in [1.165, 1.54) is 25.9 Å². The molecule has 0 unspecified atom stereocenters. The summed E-state index contributed by atoms with van der Waals surface area (Å²) in [6.45, 7) is 2.36. The second-order valence-corrected chi connectivity index (χ2v) is 5.82. The lowest BCUT2D eigenvalue weighted by molar-refractivity contribution is 0.281. The van der Waals surface area contributed by atoms with Gasteiger partial charge in [0.25, 0.3) is 5.22 Å². The van der Waals surface area contributed by atoms with Crippen molar-refractivity contribution in [2.45, 2.75) is 23.3 Å². The van der Waals surface area contributed by atoms with Gasteiger partial charge in [-0.15, -0.1) is 0 Å². The number of likely N-dealkylation sites (tertiary alicyclic amines) is 1. The first-order valence-corrected chi connectivity index (χ1v) is 6.90. The summed E-state index contributed by atoms with van der Waals surface area (Å²) in [7, 11) is 2.18. The van der Waals surface area contributed by atoms with Crippen molar-refractivity contribution in [3.63, 3.8) is 0 Å². The van der Waals surface area contributed by atoms with Gasteiger partial charge in [-0.3, -0.25) is 0 Å². The van der Waals surface area contributed by atoms with E-state index < -0.39 is 0 Å². The fourth-order valence-corrected chi connectivity index (χ4v) is 3.17. The Labute approximate surface area is 105 Å². The molecule has 1 aliphatic heterocycles. The van der Waals surface area contributed by atoms with Crippen molar-refractivity contribution in [2.75, 3.05) is 20.1 Å². The lowest BCUT2D eigenvalue weighted by Crippen LogP contribution is -2.31. The van der Waals surface area contributed by atoms with Crippen LogP contribution >= 0.6 is 11.8 Å². The number of thioether (sulfide) groups is 1. The summed E-state index contributed by atoms with van der Waals surface area (Å²) in [5.41, 5.74) is 1.85. The highest BCUT2D eigenvalue weighted by molar-refractivity contribution is 7.99. The molecule has 0 saturated carbocycles. The molecule has 3 nitrogen and oxygen atoms in total. The van der Waals surface area contributed by atoms with Crippen LogP contribution in [0.25, 0.3) is 11.1 Å². The molecule has 90 valence electrons. The molecule has 17 heavy (non-hydrogen) atoms. The summed E-state index contributed by atoms with van der Waals surface area (Å²) in [6.07, 6.45) is 2.44. The van der Waals surface area contributed by atoms with E-state index in [1.54, 1.807) is 11.8 Å². The van der Waals surface area contributed by atoms with Gasteiger partial charge in [0.1, 0.15) is 5.52 Å². The molecule has 0 aliphatic carbocycles. The quantitative estimate of drug-likeness (QED) is 0.817. The van der Waals surface area contributed by atoms with Gasteiger partial charge in [0.2, 0.25) is 0 Å². The summed E-state index contributed by atoms with van der Waals surface area (Å²) in [5, 5.41) is 1.47. The van der Waals surface area contributed by atoms with Crippen molar-refractivity contribution >= 4 is 22.9 Å². The summed E-state index contributed by atoms with van der Waals surface area (Å²) in [4.78, 5) is 6.89. The molecule has 4 heteroatoms. The number of fused-ring (bicyclic) bond motifs is 1. The topological polar surface area (TPSA) is 29.3 Å². The fraction of sp³-hybridized carbons (Fsp3) is 0.462. The van der Waals surface area contributed by atoms with Gasteiger partial charge in [-0.25, -0.2) is 4.98 Å². The van der Waals surface area contributed by atoms with Gasteiger partial charge in [-0.1, -0.05) is 23.9 Å². The third kappa shape index (κ3) is 2.48. The predicted molar refractivity (Wildman–Crippen MR) is 70.4 cm³/mol. The zero-order valence-corrected chi connectivity index (χ0v) is 10.7. The first kappa shape index (κ1) is 11.1. The standard InChI is InChI=1S/C13H16N2OS/c1-15-8-6-10(7-9-15)17-13-14-11-4-2-3-5-12(11)16-13/h2-5,10H,6-9H2,1H3. The average molecular weight is 248 g/mol. The maximum Gasteiger partial charge on any atom is 0.257 e. The van der Waals surface area contributed by atoms with Crippen LogP contribution in [-0.4, -0.2) is 35.3 Å². The van der Waals surface area contributed by atoms with Crippen LogP contribution in [-0.2, 0) is 0 Å². The molecule has 1 aromatic carbocycles. The minimum absolute atomic E-state index is 0.652. The molecule has 0 atom stereocenters. The number of piperidine rings is 1. The minimum atomic E-state index is 0.652. The van der Waals surface area contributed by atoms with Gasteiger partial charge in [0, 0.05) is 5.25 Å². The normalized spacial score (nSPS) is 18.9. The first-order valence-electron chi connectivity index (χ1n) is 6.02. The Morgan fingerprint density at radius 1 is 1.29 bits per heavy atom. The molecule has 0 amide bonds. The molecular weight excluding hydrogens is 232 g/mol. The van der Waals surface area contributed by atoms with Gasteiger partial charge in [-0.2, -0.15) is 0 Å². The van der Waals surface area contributed by atoms with Crippen LogP contribution in [0.1, 0.15) is 12.8 Å². The number of hydrogen-bond donors (Lipinski definition) is 0. The number of rotatable bonds is 2. The van der Waals surface area contributed by atoms with E-state index in [4.69, 9.17) is 4.42 Å². The molecular formula is C13H16N2OS. The number of nitrogens with zero attached hydrogens (tertiary/aromatic N) is 2. The lowest BCUT2D eigenvalue weighted by atomic mass is 10.1. The van der Waals surface area contributed by atoms with Crippen molar-refractivity contribution < 1.29 is 4.42 Å². The molecule has 1 fully saturated rings. The monoisotopic (exact) mass is 248 g/mol. The molecule has 0 bridgehead atoms. The van der Waals surface area contributed by atoms with Crippen molar-refractivity contribution in [3.05, 3.63) is 24.3 Å². The number of para-hydroxylation sites is 2. The lowest BCUT2D eigenvalue weighted by Gasteiger charge is -2.27. The van der Waals surface area contributed by atoms with Gasteiger partial charge in [0.15, 0.2) is 5.58 Å². The number of benzene rings is 1. The summed E-state index contributed by atoms with van der Waals surface area (Å²) < 4.78 is 5.74. The Balaban J connectivity index is 1.72. The van der Waals surface area contributed by atoms with E-state index in [0.717, 1.165) is 16.3 Å². The highest BCUT2D eigenvalue weighted by Gasteiger charge is 2.19. The van der Waals surface area contributed by atoms with E-state index in [1.807, 2.05) is 24.3 Å². The van der Waals surface area contributed by atoms with E-state index >= 15 is 0 Å². The van der Waals surface area contributed by atoms with E-state index in [2.05, 4.69) is 16.9 Å². The third-order valence-corrected chi connectivity index (χ3v) is 4.39. The highest BCUT2D eigenvalue weighted by Crippen LogP contribution is 2.31. The van der Waals surface area contributed by atoms with E-state index in [9.17, 15) is 0 Å². The Morgan fingerprint density at radius 2 is 2.06 bits per heavy atom. The van der Waals surface area contributed by atoms with Crippen LogP contribution in [0, 0.1) is 0 Å². The van der Waals surface area contributed by atoms with E-state index in [0.29, 0.717) is 5.25 Å². The first-order chi connectivity index (χ1) is 8.31. The zero-order chi connectivity index (χ0) is 11.7. The second-order valence-electron chi connectivity index (χ2n) is 4.57. The van der Waals surface area contributed by atoms with Crippen LogP contribution in [0.4, 0.5) is 0 Å². The highest BCUT2D eigenvalue weighted by atomic mass is 32.2. The summed E-state index contributed by atoms with van der Waals surface area (Å²) in [6, 6.07) is 7.95. The van der Waals surface area contributed by atoms with E-state index in [-0.39, 0.29) is 0 Å². The van der Waals surface area contributed by atoms with Crippen LogP contribution in [0.5, 0.6) is 0 Å². The molecule has 0 N–H and O–H groups in total. The van der Waals surface area contributed by atoms with Crippen molar-refractivity contribution in [2.24, 2.45) is 0 Å². The Bertz CT molecular complexity index is 470. The second kappa shape index (κ2) is 4.70. The maximum absolute atomic E-state index is 5.74. The van der Waals surface area contributed by atoms with Crippen LogP contribution in [0.2, 0.25) is 0 Å². The predicted octanol–water partition coefficient (Wildman–Crippen LogP) is 3.01. The largest absolute Gasteiger partial charge is 0.431 e. The van der Waals surface area contributed by atoms with Crippen molar-refractivity contribution in [1.82, 2.24) is 9.88 Å². The molecule has 0 spiro atoms. The van der Waals surface area contributed by atoms with Crippen LogP contribution in [0.15, 0.2) is 33.9 Å². The molecule has 1 aromatic heterocycles. The molecule has 3 rings (SSSR count). The number of oxazole rings is 1. The molecule has 1 aliphatic rings. The molecule has 2 aromatic rings. The van der Waals surface area contributed by atoms with Crippen molar-refractivity contribution in [1.29, 1.82) is 0 Å². The Morgan fingerprint density at radius 3 is 2.82 bits per heavy atom. The Hall–Kier alpha value is -1.00. The fourth-order valence-electron chi connectivity index (χ4n) is 2.15. The summed E-state index contributed by atoms with van der Waals surface area (Å²) in [5.74, 6) is 0. The van der Waals surface area contributed by atoms with Crippen molar-refractivity contribution in [3.8, 4) is 0 Å². The van der Waals surface area contributed by atoms with Crippen LogP contribution < -0.4 is 0 Å². The summed E-state index contributed by atoms with van der Waals surface area (Å²) >= 11 is 1.79. The molecule has 0 radical (unpaired) electrons. The maximum atomic E-state index is 5.74. The SMILES string of the molecule is CN1CCC(Sc2nc3ccccc3o2)CC1. The third-order valence-electron chi connectivity index (χ3n) is 3.21. The zero-order valence-electron chi connectivity index (χ0n) is 9.93.